The highest BCUT2D eigenvalue weighted by Crippen LogP contribution is 2.66. The minimum absolute atomic E-state index is 0.0682. The lowest BCUT2D eigenvalue weighted by Gasteiger charge is -2.38. The van der Waals surface area contributed by atoms with Crippen molar-refractivity contribution in [3.63, 3.8) is 0 Å². The number of ether oxygens (including phenoxy) is 1. The first-order chi connectivity index (χ1) is 9.77. The second-order valence-corrected chi connectivity index (χ2v) is 7.75. The van der Waals surface area contributed by atoms with E-state index >= 15 is 0 Å². The number of hydrogen-bond acceptors (Lipinski definition) is 2. The Morgan fingerprint density at radius 1 is 1.24 bits per heavy atom. The average molecular weight is 286 g/mol. The van der Waals surface area contributed by atoms with Gasteiger partial charge in [0.15, 0.2) is 0 Å². The Bertz CT molecular complexity index is 587. The van der Waals surface area contributed by atoms with Crippen molar-refractivity contribution >= 4 is 5.97 Å². The topological polar surface area (TPSA) is 26.3 Å². The van der Waals surface area contributed by atoms with Crippen LogP contribution in [0.15, 0.2) is 18.2 Å². The largest absolute Gasteiger partial charge is 0.458 e. The first kappa shape index (κ1) is 14.6. The minimum atomic E-state index is -0.147. The number of benzene rings is 1. The maximum absolute atomic E-state index is 12.6. The van der Waals surface area contributed by atoms with Gasteiger partial charge in [0.05, 0.1) is 5.56 Å². The third kappa shape index (κ3) is 1.95. The number of esters is 1. The van der Waals surface area contributed by atoms with Gasteiger partial charge in [0, 0.05) is 5.41 Å². The predicted molar refractivity (Wildman–Crippen MR) is 84.3 cm³/mol. The highest BCUT2D eigenvalue weighted by Gasteiger charge is 2.62. The summed E-state index contributed by atoms with van der Waals surface area (Å²) in [5.41, 5.74) is 3.31. The van der Waals surface area contributed by atoms with Gasteiger partial charge in [-0.15, -0.1) is 0 Å². The molecule has 2 heteroatoms. The SMILES string of the molecule is Cc1cccc(C(=O)OC2CC3CCC2(C)C3(C)C)c1C. The average Bonchev–Trinajstić information content (AvgIpc) is 2.75. The zero-order valence-electron chi connectivity index (χ0n) is 13.8. The van der Waals surface area contributed by atoms with Gasteiger partial charge in [0.1, 0.15) is 6.10 Å². The van der Waals surface area contributed by atoms with E-state index in [0.29, 0.717) is 5.92 Å². The van der Waals surface area contributed by atoms with Crippen molar-refractivity contribution in [2.75, 3.05) is 0 Å². The predicted octanol–water partition coefficient (Wildman–Crippen LogP) is 4.68. The van der Waals surface area contributed by atoms with Crippen LogP contribution < -0.4 is 0 Å². The van der Waals surface area contributed by atoms with Gasteiger partial charge in [-0.05, 0) is 61.6 Å². The molecule has 2 fully saturated rings. The van der Waals surface area contributed by atoms with Crippen LogP contribution in [0.5, 0.6) is 0 Å². The molecular formula is C19H26O2. The maximum Gasteiger partial charge on any atom is 0.338 e. The minimum Gasteiger partial charge on any atom is -0.458 e. The fourth-order valence-corrected chi connectivity index (χ4v) is 4.47. The van der Waals surface area contributed by atoms with Gasteiger partial charge in [-0.1, -0.05) is 32.9 Å². The highest BCUT2D eigenvalue weighted by molar-refractivity contribution is 5.91. The van der Waals surface area contributed by atoms with E-state index in [1.165, 1.54) is 12.8 Å². The van der Waals surface area contributed by atoms with Crippen LogP contribution in [0.1, 0.15) is 61.5 Å². The van der Waals surface area contributed by atoms with E-state index in [4.69, 9.17) is 4.74 Å². The first-order valence-electron chi connectivity index (χ1n) is 8.04. The summed E-state index contributed by atoms with van der Waals surface area (Å²) in [7, 11) is 0. The molecule has 3 unspecified atom stereocenters. The smallest absolute Gasteiger partial charge is 0.338 e. The molecule has 1 aromatic carbocycles. The fourth-order valence-electron chi connectivity index (χ4n) is 4.47. The van der Waals surface area contributed by atoms with Crippen molar-refractivity contribution in [1.82, 2.24) is 0 Å². The highest BCUT2D eigenvalue weighted by atomic mass is 16.5. The lowest BCUT2D eigenvalue weighted by atomic mass is 9.70. The number of hydrogen-bond donors (Lipinski definition) is 0. The van der Waals surface area contributed by atoms with Crippen LogP contribution in [0.2, 0.25) is 0 Å². The van der Waals surface area contributed by atoms with Crippen LogP contribution in [0, 0.1) is 30.6 Å². The standard InChI is InChI=1S/C19H26O2/c1-12-7-6-8-15(13(12)2)17(20)21-16-11-14-9-10-19(16,5)18(14,3)4/h6-8,14,16H,9-11H2,1-5H3. The summed E-state index contributed by atoms with van der Waals surface area (Å²) in [5, 5.41) is 0. The van der Waals surface area contributed by atoms with Gasteiger partial charge in [-0.25, -0.2) is 4.79 Å². The fraction of sp³-hybridized carbons (Fsp3) is 0.632. The molecule has 0 N–H and O–H groups in total. The van der Waals surface area contributed by atoms with E-state index in [-0.39, 0.29) is 22.9 Å². The molecule has 0 amide bonds. The summed E-state index contributed by atoms with van der Waals surface area (Å²) in [5.74, 6) is 0.546. The quantitative estimate of drug-likeness (QED) is 0.738. The molecule has 3 atom stereocenters. The van der Waals surface area contributed by atoms with Crippen molar-refractivity contribution in [2.24, 2.45) is 16.7 Å². The van der Waals surface area contributed by atoms with Gasteiger partial charge < -0.3 is 4.74 Å². The molecule has 0 spiro atoms. The van der Waals surface area contributed by atoms with E-state index in [1.54, 1.807) is 0 Å². The number of rotatable bonds is 2. The Hall–Kier alpha value is -1.31. The van der Waals surface area contributed by atoms with Gasteiger partial charge in [-0.2, -0.15) is 0 Å². The zero-order chi connectivity index (χ0) is 15.4. The van der Waals surface area contributed by atoms with E-state index in [2.05, 4.69) is 20.8 Å². The molecule has 0 aliphatic heterocycles. The van der Waals surface area contributed by atoms with E-state index < -0.39 is 0 Å². The maximum atomic E-state index is 12.6. The lowest BCUT2D eigenvalue weighted by molar-refractivity contribution is -0.0243. The summed E-state index contributed by atoms with van der Waals surface area (Å²) in [6.45, 7) is 11.0. The van der Waals surface area contributed by atoms with Gasteiger partial charge in [-0.3, -0.25) is 0 Å². The van der Waals surface area contributed by atoms with Crippen LogP contribution in [0.4, 0.5) is 0 Å². The second-order valence-electron chi connectivity index (χ2n) is 7.75. The molecule has 2 aliphatic carbocycles. The molecule has 2 saturated carbocycles. The third-order valence-electron chi connectivity index (χ3n) is 6.79. The van der Waals surface area contributed by atoms with Crippen molar-refractivity contribution in [3.8, 4) is 0 Å². The van der Waals surface area contributed by atoms with E-state index in [0.717, 1.165) is 23.1 Å². The van der Waals surface area contributed by atoms with Gasteiger partial charge in [0.25, 0.3) is 0 Å². The summed E-state index contributed by atoms with van der Waals surface area (Å²) >= 11 is 0. The van der Waals surface area contributed by atoms with Gasteiger partial charge in [0.2, 0.25) is 0 Å². The molecule has 2 aliphatic rings. The summed E-state index contributed by atoms with van der Waals surface area (Å²) < 4.78 is 5.97. The Morgan fingerprint density at radius 3 is 2.52 bits per heavy atom. The number of carbonyl (C=O) groups is 1. The molecule has 0 aromatic heterocycles. The summed E-state index contributed by atoms with van der Waals surface area (Å²) in [6, 6.07) is 5.85. The van der Waals surface area contributed by atoms with E-state index in [1.807, 2.05) is 32.0 Å². The molecule has 0 heterocycles. The van der Waals surface area contributed by atoms with Crippen LogP contribution in [-0.2, 0) is 4.74 Å². The number of fused-ring (bicyclic) bond motifs is 2. The second kappa shape index (κ2) is 4.59. The van der Waals surface area contributed by atoms with Crippen molar-refractivity contribution in [3.05, 3.63) is 34.9 Å². The summed E-state index contributed by atoms with van der Waals surface area (Å²) in [6.07, 6.45) is 3.55. The molecular weight excluding hydrogens is 260 g/mol. The summed E-state index contributed by atoms with van der Waals surface area (Å²) in [4.78, 5) is 12.6. The number of aryl methyl sites for hydroxylation is 1. The van der Waals surface area contributed by atoms with Crippen LogP contribution in [0.3, 0.4) is 0 Å². The lowest BCUT2D eigenvalue weighted by Crippen LogP contribution is -2.38. The van der Waals surface area contributed by atoms with Crippen LogP contribution >= 0.6 is 0 Å². The third-order valence-corrected chi connectivity index (χ3v) is 6.79. The van der Waals surface area contributed by atoms with Gasteiger partial charge >= 0.3 is 5.97 Å². The molecule has 21 heavy (non-hydrogen) atoms. The molecule has 2 bridgehead atoms. The first-order valence-corrected chi connectivity index (χ1v) is 8.04. The molecule has 2 nitrogen and oxygen atoms in total. The van der Waals surface area contributed by atoms with Crippen LogP contribution in [0.25, 0.3) is 0 Å². The monoisotopic (exact) mass is 286 g/mol. The van der Waals surface area contributed by atoms with Crippen molar-refractivity contribution < 1.29 is 9.53 Å². The number of carbonyl (C=O) groups excluding carboxylic acids is 1. The van der Waals surface area contributed by atoms with Crippen molar-refractivity contribution in [2.45, 2.75) is 60.0 Å². The molecule has 114 valence electrons. The zero-order valence-corrected chi connectivity index (χ0v) is 13.8. The van der Waals surface area contributed by atoms with Crippen LogP contribution in [-0.4, -0.2) is 12.1 Å². The normalized spacial score (nSPS) is 33.2. The Morgan fingerprint density at radius 2 is 1.95 bits per heavy atom. The van der Waals surface area contributed by atoms with E-state index in [9.17, 15) is 4.79 Å². The molecule has 0 radical (unpaired) electrons. The molecule has 3 rings (SSSR count). The molecule has 1 aromatic rings. The molecule has 0 saturated heterocycles. The Kier molecular flexibility index (Phi) is 3.20. The Labute approximate surface area is 127 Å². The van der Waals surface area contributed by atoms with Crippen molar-refractivity contribution in [1.29, 1.82) is 0 Å². The Balaban J connectivity index is 1.82.